The number of para-hydroxylation sites is 1. The standard InChI is InChI=1S/C13H21FN2O/c1-4-17-9-8-16(3)13-11(10(2)15)6-5-7-12(13)14/h5-7,10H,4,8-9,15H2,1-3H3. The van der Waals surface area contributed by atoms with Crippen LogP contribution in [0.1, 0.15) is 25.5 Å². The van der Waals surface area contributed by atoms with E-state index in [-0.39, 0.29) is 11.9 Å². The average molecular weight is 240 g/mol. The van der Waals surface area contributed by atoms with E-state index in [9.17, 15) is 4.39 Å². The lowest BCUT2D eigenvalue weighted by atomic mass is 10.1. The molecule has 2 N–H and O–H groups in total. The second-order valence-electron chi connectivity index (χ2n) is 4.08. The molecular formula is C13H21FN2O. The van der Waals surface area contributed by atoms with E-state index in [4.69, 9.17) is 10.5 Å². The minimum atomic E-state index is -0.237. The molecule has 0 saturated carbocycles. The van der Waals surface area contributed by atoms with Crippen LogP contribution in [-0.2, 0) is 4.74 Å². The Balaban J connectivity index is 2.87. The summed E-state index contributed by atoms with van der Waals surface area (Å²) in [4.78, 5) is 1.85. The van der Waals surface area contributed by atoms with E-state index in [1.165, 1.54) is 6.07 Å². The van der Waals surface area contributed by atoms with Crippen LogP contribution in [0.25, 0.3) is 0 Å². The van der Waals surface area contributed by atoms with Crippen molar-refractivity contribution in [1.29, 1.82) is 0 Å². The van der Waals surface area contributed by atoms with Crippen molar-refractivity contribution in [2.75, 3.05) is 31.7 Å². The van der Waals surface area contributed by atoms with Gasteiger partial charge in [0.05, 0.1) is 12.3 Å². The average Bonchev–Trinajstić information content (AvgIpc) is 2.28. The van der Waals surface area contributed by atoms with E-state index in [0.717, 1.165) is 5.56 Å². The predicted molar refractivity (Wildman–Crippen MR) is 68.8 cm³/mol. The lowest BCUT2D eigenvalue weighted by Crippen LogP contribution is -2.26. The number of hydrogen-bond acceptors (Lipinski definition) is 3. The molecule has 0 heterocycles. The summed E-state index contributed by atoms with van der Waals surface area (Å²) in [6.45, 7) is 5.70. The highest BCUT2D eigenvalue weighted by Crippen LogP contribution is 2.27. The van der Waals surface area contributed by atoms with Crippen LogP contribution in [0.2, 0.25) is 0 Å². The van der Waals surface area contributed by atoms with Crippen LogP contribution in [-0.4, -0.2) is 26.8 Å². The second kappa shape index (κ2) is 6.57. The van der Waals surface area contributed by atoms with E-state index in [2.05, 4.69) is 0 Å². The molecule has 0 spiro atoms. The van der Waals surface area contributed by atoms with Gasteiger partial charge in [-0.3, -0.25) is 0 Å². The molecule has 0 aliphatic heterocycles. The molecule has 3 nitrogen and oxygen atoms in total. The minimum absolute atomic E-state index is 0.185. The topological polar surface area (TPSA) is 38.5 Å². The van der Waals surface area contributed by atoms with Gasteiger partial charge >= 0.3 is 0 Å². The summed E-state index contributed by atoms with van der Waals surface area (Å²) < 4.78 is 19.1. The molecule has 0 aromatic heterocycles. The Kier molecular flexibility index (Phi) is 5.38. The van der Waals surface area contributed by atoms with Crippen LogP contribution in [0.3, 0.4) is 0 Å². The molecule has 1 aromatic carbocycles. The second-order valence-corrected chi connectivity index (χ2v) is 4.08. The van der Waals surface area contributed by atoms with Crippen molar-refractivity contribution in [3.8, 4) is 0 Å². The highest BCUT2D eigenvalue weighted by Gasteiger charge is 2.15. The third kappa shape index (κ3) is 3.68. The van der Waals surface area contributed by atoms with Gasteiger partial charge in [-0.05, 0) is 25.5 Å². The number of nitrogens with two attached hydrogens (primary N) is 1. The summed E-state index contributed by atoms with van der Waals surface area (Å²) in [6.07, 6.45) is 0. The van der Waals surface area contributed by atoms with Crippen LogP contribution in [0.15, 0.2) is 18.2 Å². The Labute approximate surface area is 102 Å². The molecule has 1 atom stereocenters. The number of rotatable bonds is 6. The molecule has 0 saturated heterocycles. The molecule has 1 aromatic rings. The molecule has 0 aliphatic rings. The zero-order valence-electron chi connectivity index (χ0n) is 10.7. The minimum Gasteiger partial charge on any atom is -0.380 e. The number of hydrogen-bond donors (Lipinski definition) is 1. The largest absolute Gasteiger partial charge is 0.380 e. The Morgan fingerprint density at radius 3 is 2.76 bits per heavy atom. The Hall–Kier alpha value is -1.13. The smallest absolute Gasteiger partial charge is 0.146 e. The van der Waals surface area contributed by atoms with Gasteiger partial charge in [-0.1, -0.05) is 12.1 Å². The van der Waals surface area contributed by atoms with Crippen LogP contribution < -0.4 is 10.6 Å². The molecule has 0 bridgehead atoms. The van der Waals surface area contributed by atoms with Crippen molar-refractivity contribution < 1.29 is 9.13 Å². The molecule has 0 fully saturated rings. The molecule has 17 heavy (non-hydrogen) atoms. The van der Waals surface area contributed by atoms with Gasteiger partial charge < -0.3 is 15.4 Å². The van der Waals surface area contributed by atoms with Crippen molar-refractivity contribution in [1.82, 2.24) is 0 Å². The van der Waals surface area contributed by atoms with Gasteiger partial charge in [-0.2, -0.15) is 0 Å². The van der Waals surface area contributed by atoms with E-state index in [0.29, 0.717) is 25.4 Å². The first kappa shape index (κ1) is 13.9. The number of likely N-dealkylation sites (N-methyl/N-ethyl adjacent to an activating group) is 1. The maximum absolute atomic E-state index is 13.8. The number of nitrogens with zero attached hydrogens (tertiary/aromatic N) is 1. The van der Waals surface area contributed by atoms with Crippen molar-refractivity contribution >= 4 is 5.69 Å². The van der Waals surface area contributed by atoms with E-state index in [1.54, 1.807) is 6.07 Å². The Bertz CT molecular complexity index is 355. The summed E-state index contributed by atoms with van der Waals surface area (Å²) >= 11 is 0. The zero-order chi connectivity index (χ0) is 12.8. The van der Waals surface area contributed by atoms with Crippen LogP contribution in [0, 0.1) is 5.82 Å². The first-order valence-corrected chi connectivity index (χ1v) is 5.90. The van der Waals surface area contributed by atoms with E-state index in [1.807, 2.05) is 31.9 Å². The molecule has 1 unspecified atom stereocenters. The lowest BCUT2D eigenvalue weighted by Gasteiger charge is -2.24. The molecule has 0 amide bonds. The number of benzene rings is 1. The molecule has 4 heteroatoms. The monoisotopic (exact) mass is 240 g/mol. The fraction of sp³-hybridized carbons (Fsp3) is 0.538. The summed E-state index contributed by atoms with van der Waals surface area (Å²) in [5, 5.41) is 0. The number of anilines is 1. The third-order valence-corrected chi connectivity index (χ3v) is 2.67. The van der Waals surface area contributed by atoms with Gasteiger partial charge in [-0.25, -0.2) is 4.39 Å². The fourth-order valence-electron chi connectivity index (χ4n) is 1.76. The van der Waals surface area contributed by atoms with Gasteiger partial charge in [0.25, 0.3) is 0 Å². The zero-order valence-corrected chi connectivity index (χ0v) is 10.7. The highest BCUT2D eigenvalue weighted by atomic mass is 19.1. The van der Waals surface area contributed by atoms with Crippen molar-refractivity contribution in [2.45, 2.75) is 19.9 Å². The van der Waals surface area contributed by atoms with Crippen molar-refractivity contribution in [3.63, 3.8) is 0 Å². The Morgan fingerprint density at radius 1 is 1.47 bits per heavy atom. The Morgan fingerprint density at radius 2 is 2.18 bits per heavy atom. The lowest BCUT2D eigenvalue weighted by molar-refractivity contribution is 0.154. The summed E-state index contributed by atoms with van der Waals surface area (Å²) in [7, 11) is 1.85. The number of halogens is 1. The molecule has 96 valence electrons. The maximum Gasteiger partial charge on any atom is 0.146 e. The fourth-order valence-corrected chi connectivity index (χ4v) is 1.76. The molecule has 0 aliphatic carbocycles. The normalized spacial score (nSPS) is 12.5. The van der Waals surface area contributed by atoms with E-state index < -0.39 is 0 Å². The molecule has 0 radical (unpaired) electrons. The maximum atomic E-state index is 13.8. The summed E-state index contributed by atoms with van der Waals surface area (Å²) in [6, 6.07) is 4.82. The molecule has 1 rings (SSSR count). The van der Waals surface area contributed by atoms with Crippen LogP contribution >= 0.6 is 0 Å². The van der Waals surface area contributed by atoms with E-state index >= 15 is 0 Å². The van der Waals surface area contributed by atoms with Gasteiger partial charge in [0.15, 0.2) is 0 Å². The number of ether oxygens (including phenoxy) is 1. The third-order valence-electron chi connectivity index (χ3n) is 2.67. The van der Waals surface area contributed by atoms with Crippen LogP contribution in [0.4, 0.5) is 10.1 Å². The predicted octanol–water partition coefficient (Wildman–Crippen LogP) is 2.32. The van der Waals surface area contributed by atoms with Gasteiger partial charge in [-0.15, -0.1) is 0 Å². The first-order chi connectivity index (χ1) is 8.07. The summed E-state index contributed by atoms with van der Waals surface area (Å²) in [5.41, 5.74) is 7.25. The van der Waals surface area contributed by atoms with Crippen molar-refractivity contribution in [3.05, 3.63) is 29.6 Å². The van der Waals surface area contributed by atoms with Gasteiger partial charge in [0, 0.05) is 26.2 Å². The molecular weight excluding hydrogens is 219 g/mol. The van der Waals surface area contributed by atoms with Gasteiger partial charge in [0.1, 0.15) is 5.82 Å². The first-order valence-electron chi connectivity index (χ1n) is 5.90. The SMILES string of the molecule is CCOCCN(C)c1c(F)cccc1C(C)N. The quantitative estimate of drug-likeness (QED) is 0.775. The van der Waals surface area contributed by atoms with Crippen molar-refractivity contribution in [2.24, 2.45) is 5.73 Å². The van der Waals surface area contributed by atoms with Crippen LogP contribution in [0.5, 0.6) is 0 Å². The van der Waals surface area contributed by atoms with Gasteiger partial charge in [0.2, 0.25) is 0 Å². The summed E-state index contributed by atoms with van der Waals surface area (Å²) in [5.74, 6) is -0.237. The highest BCUT2D eigenvalue weighted by molar-refractivity contribution is 5.55.